The molecule has 0 saturated carbocycles. The van der Waals surface area contributed by atoms with Crippen LogP contribution in [0.5, 0.6) is 0 Å². The minimum absolute atomic E-state index is 0.175. The van der Waals surface area contributed by atoms with Crippen LogP contribution in [-0.4, -0.2) is 0 Å². The number of hydrogen-bond acceptors (Lipinski definition) is 0. The monoisotopic (exact) mass is 288 g/mol. The topological polar surface area (TPSA) is 0 Å². The van der Waals surface area contributed by atoms with Gasteiger partial charge in [-0.15, -0.1) is 0 Å². The lowest BCUT2D eigenvalue weighted by Gasteiger charge is -2.21. The standard InChI is InChI=1S/C16H17Br/c1-16(2,3)14-10-9-13(11-15(14)17)12-7-5-4-6-8-12/h4-11H,1-3H3. The van der Waals surface area contributed by atoms with E-state index in [4.69, 9.17) is 0 Å². The van der Waals surface area contributed by atoms with Gasteiger partial charge in [0.1, 0.15) is 0 Å². The summed E-state index contributed by atoms with van der Waals surface area (Å²) in [6, 6.07) is 17.1. The first-order valence-electron chi connectivity index (χ1n) is 5.84. The van der Waals surface area contributed by atoms with Gasteiger partial charge in [0.25, 0.3) is 0 Å². The third-order valence-electron chi connectivity index (χ3n) is 2.88. The average Bonchev–Trinajstić information content (AvgIpc) is 2.28. The summed E-state index contributed by atoms with van der Waals surface area (Å²) in [5.41, 5.74) is 4.03. The molecule has 0 saturated heterocycles. The van der Waals surface area contributed by atoms with Crippen LogP contribution in [-0.2, 0) is 5.41 Å². The first kappa shape index (κ1) is 12.4. The summed E-state index contributed by atoms with van der Waals surface area (Å²) in [6.45, 7) is 6.69. The fourth-order valence-corrected chi connectivity index (χ4v) is 2.91. The Balaban J connectivity index is 2.45. The van der Waals surface area contributed by atoms with Gasteiger partial charge < -0.3 is 0 Å². The normalized spacial score (nSPS) is 11.5. The summed E-state index contributed by atoms with van der Waals surface area (Å²) in [5.74, 6) is 0. The molecule has 0 unspecified atom stereocenters. The molecule has 0 bridgehead atoms. The van der Waals surface area contributed by atoms with Gasteiger partial charge in [-0.05, 0) is 28.2 Å². The molecule has 0 amide bonds. The van der Waals surface area contributed by atoms with E-state index in [0.29, 0.717) is 0 Å². The Morgan fingerprint density at radius 2 is 1.47 bits per heavy atom. The number of halogens is 1. The van der Waals surface area contributed by atoms with Crippen LogP contribution < -0.4 is 0 Å². The second-order valence-electron chi connectivity index (χ2n) is 5.31. The van der Waals surface area contributed by atoms with E-state index in [1.807, 2.05) is 6.07 Å². The Morgan fingerprint density at radius 1 is 0.824 bits per heavy atom. The largest absolute Gasteiger partial charge is 0.0622 e. The summed E-state index contributed by atoms with van der Waals surface area (Å²) in [5, 5.41) is 0. The molecule has 2 aromatic rings. The molecule has 2 rings (SSSR count). The summed E-state index contributed by atoms with van der Waals surface area (Å²) >= 11 is 3.68. The zero-order valence-electron chi connectivity index (χ0n) is 10.5. The van der Waals surface area contributed by atoms with Crippen molar-refractivity contribution in [3.05, 3.63) is 58.6 Å². The summed E-state index contributed by atoms with van der Waals surface area (Å²) in [4.78, 5) is 0. The smallest absolute Gasteiger partial charge is 0.0218 e. The number of benzene rings is 2. The quantitative estimate of drug-likeness (QED) is 0.658. The van der Waals surface area contributed by atoms with Crippen molar-refractivity contribution < 1.29 is 0 Å². The van der Waals surface area contributed by atoms with Crippen molar-refractivity contribution in [3.8, 4) is 11.1 Å². The van der Waals surface area contributed by atoms with Crippen molar-refractivity contribution >= 4 is 15.9 Å². The molecule has 0 heterocycles. The van der Waals surface area contributed by atoms with Gasteiger partial charge in [0, 0.05) is 4.47 Å². The first-order valence-corrected chi connectivity index (χ1v) is 6.63. The van der Waals surface area contributed by atoms with E-state index in [2.05, 4.69) is 79.2 Å². The van der Waals surface area contributed by atoms with Crippen molar-refractivity contribution in [1.29, 1.82) is 0 Å². The molecule has 0 N–H and O–H groups in total. The molecule has 0 aromatic heterocycles. The van der Waals surface area contributed by atoms with Crippen molar-refractivity contribution in [1.82, 2.24) is 0 Å². The van der Waals surface area contributed by atoms with E-state index in [0.717, 1.165) is 0 Å². The van der Waals surface area contributed by atoms with E-state index in [1.165, 1.54) is 21.2 Å². The van der Waals surface area contributed by atoms with Gasteiger partial charge in [0.05, 0.1) is 0 Å². The van der Waals surface area contributed by atoms with Crippen LogP contribution in [0, 0.1) is 0 Å². The number of rotatable bonds is 1. The number of hydrogen-bond donors (Lipinski definition) is 0. The Bertz CT molecular complexity index is 507. The van der Waals surface area contributed by atoms with Crippen LogP contribution in [0.3, 0.4) is 0 Å². The van der Waals surface area contributed by atoms with Gasteiger partial charge in [-0.25, -0.2) is 0 Å². The molecule has 0 atom stereocenters. The lowest BCUT2D eigenvalue weighted by molar-refractivity contribution is 0.587. The molecule has 2 aromatic carbocycles. The molecule has 0 aliphatic carbocycles. The van der Waals surface area contributed by atoms with E-state index in [9.17, 15) is 0 Å². The van der Waals surface area contributed by atoms with Gasteiger partial charge >= 0.3 is 0 Å². The minimum atomic E-state index is 0.175. The lowest BCUT2D eigenvalue weighted by atomic mass is 9.86. The van der Waals surface area contributed by atoms with E-state index >= 15 is 0 Å². The molecule has 1 heteroatoms. The summed E-state index contributed by atoms with van der Waals surface area (Å²) < 4.78 is 1.19. The van der Waals surface area contributed by atoms with Crippen LogP contribution in [0.4, 0.5) is 0 Å². The SMILES string of the molecule is CC(C)(C)c1ccc(-c2ccccc2)cc1Br. The fourth-order valence-electron chi connectivity index (χ4n) is 1.93. The van der Waals surface area contributed by atoms with Gasteiger partial charge in [-0.1, -0.05) is 79.2 Å². The molecule has 0 fully saturated rings. The van der Waals surface area contributed by atoms with Gasteiger partial charge in [0.15, 0.2) is 0 Å². The molecule has 0 aliphatic rings. The van der Waals surface area contributed by atoms with E-state index in [-0.39, 0.29) is 5.41 Å². The van der Waals surface area contributed by atoms with E-state index in [1.54, 1.807) is 0 Å². The van der Waals surface area contributed by atoms with E-state index < -0.39 is 0 Å². The van der Waals surface area contributed by atoms with Crippen LogP contribution in [0.15, 0.2) is 53.0 Å². The third-order valence-corrected chi connectivity index (χ3v) is 3.54. The molecular formula is C16H17Br. The molecule has 0 aliphatic heterocycles. The second-order valence-corrected chi connectivity index (χ2v) is 6.16. The maximum Gasteiger partial charge on any atom is 0.0218 e. The van der Waals surface area contributed by atoms with Gasteiger partial charge in [-0.3, -0.25) is 0 Å². The highest BCUT2D eigenvalue weighted by atomic mass is 79.9. The molecule has 0 spiro atoms. The van der Waals surface area contributed by atoms with Crippen molar-refractivity contribution in [2.45, 2.75) is 26.2 Å². The highest BCUT2D eigenvalue weighted by Crippen LogP contribution is 2.33. The molecule has 0 radical (unpaired) electrons. The maximum atomic E-state index is 3.68. The minimum Gasteiger partial charge on any atom is -0.0622 e. The fraction of sp³-hybridized carbons (Fsp3) is 0.250. The zero-order valence-corrected chi connectivity index (χ0v) is 12.1. The summed E-state index contributed by atoms with van der Waals surface area (Å²) in [7, 11) is 0. The highest BCUT2D eigenvalue weighted by Gasteiger charge is 2.17. The summed E-state index contributed by atoms with van der Waals surface area (Å²) in [6.07, 6.45) is 0. The van der Waals surface area contributed by atoms with Crippen LogP contribution in [0.1, 0.15) is 26.3 Å². The zero-order chi connectivity index (χ0) is 12.5. The Kier molecular flexibility index (Phi) is 3.39. The molecule has 17 heavy (non-hydrogen) atoms. The highest BCUT2D eigenvalue weighted by molar-refractivity contribution is 9.10. The molecular weight excluding hydrogens is 272 g/mol. The molecule has 88 valence electrons. The average molecular weight is 289 g/mol. The van der Waals surface area contributed by atoms with Crippen molar-refractivity contribution in [2.75, 3.05) is 0 Å². The van der Waals surface area contributed by atoms with Gasteiger partial charge in [0.2, 0.25) is 0 Å². The lowest BCUT2D eigenvalue weighted by Crippen LogP contribution is -2.11. The van der Waals surface area contributed by atoms with Gasteiger partial charge in [-0.2, -0.15) is 0 Å². The Morgan fingerprint density at radius 3 is 2.00 bits per heavy atom. The predicted octanol–water partition coefficient (Wildman–Crippen LogP) is 5.41. The Hall–Kier alpha value is -1.08. The van der Waals surface area contributed by atoms with Crippen LogP contribution >= 0.6 is 15.9 Å². The second kappa shape index (κ2) is 4.66. The van der Waals surface area contributed by atoms with Crippen LogP contribution in [0.2, 0.25) is 0 Å². The Labute approximate surface area is 112 Å². The first-order chi connectivity index (χ1) is 7.98. The van der Waals surface area contributed by atoms with Crippen LogP contribution in [0.25, 0.3) is 11.1 Å². The molecule has 0 nitrogen and oxygen atoms in total. The van der Waals surface area contributed by atoms with Crippen molar-refractivity contribution in [3.63, 3.8) is 0 Å². The third kappa shape index (κ3) is 2.78. The maximum absolute atomic E-state index is 3.68. The van der Waals surface area contributed by atoms with Crippen molar-refractivity contribution in [2.24, 2.45) is 0 Å². The predicted molar refractivity (Wildman–Crippen MR) is 78.3 cm³/mol.